The summed E-state index contributed by atoms with van der Waals surface area (Å²) >= 11 is 0. The Kier molecular flexibility index (Phi) is 3.57. The summed E-state index contributed by atoms with van der Waals surface area (Å²) in [4.78, 5) is 31.0. The molecule has 4 aromatic rings. The summed E-state index contributed by atoms with van der Waals surface area (Å²) in [6.07, 6.45) is 2.51. The van der Waals surface area contributed by atoms with Crippen LogP contribution in [0.1, 0.15) is 13.8 Å². The maximum absolute atomic E-state index is 11.7. The van der Waals surface area contributed by atoms with Crippen molar-refractivity contribution in [3.63, 3.8) is 0 Å². The van der Waals surface area contributed by atoms with Crippen LogP contribution < -0.4 is 5.32 Å². The summed E-state index contributed by atoms with van der Waals surface area (Å²) in [5, 5.41) is 2.64. The van der Waals surface area contributed by atoms with E-state index in [9.17, 15) is 4.79 Å². The van der Waals surface area contributed by atoms with E-state index in [0.717, 1.165) is 16.6 Å². The highest BCUT2D eigenvalue weighted by atomic mass is 16.6. The van der Waals surface area contributed by atoms with E-state index in [-0.39, 0.29) is 6.10 Å². The second-order valence-corrected chi connectivity index (χ2v) is 5.89. The molecule has 0 unspecified atom stereocenters. The Morgan fingerprint density at radius 2 is 2.08 bits per heavy atom. The average Bonchev–Trinajstić information content (AvgIpc) is 3.19. The minimum absolute atomic E-state index is 0.189. The minimum Gasteiger partial charge on any atom is -0.447 e. The maximum Gasteiger partial charge on any atom is 0.411 e. The fourth-order valence-corrected chi connectivity index (χ4v) is 2.54. The van der Waals surface area contributed by atoms with Crippen molar-refractivity contribution in [2.75, 3.05) is 5.32 Å². The fraction of sp³-hybridized carbons (Fsp3) is 0.176. The second-order valence-electron chi connectivity index (χ2n) is 5.89. The number of ether oxygens (including phenoxy) is 1. The Balaban J connectivity index is 1.64. The topological polar surface area (TPSA) is 109 Å². The zero-order valence-electron chi connectivity index (χ0n) is 13.7. The van der Waals surface area contributed by atoms with E-state index >= 15 is 0 Å². The first-order valence-electron chi connectivity index (χ1n) is 7.85. The molecule has 0 saturated carbocycles. The third-order valence-electron chi connectivity index (χ3n) is 3.62. The van der Waals surface area contributed by atoms with Gasteiger partial charge in [0.05, 0.1) is 35.3 Å². The van der Waals surface area contributed by atoms with E-state index < -0.39 is 6.09 Å². The van der Waals surface area contributed by atoms with E-state index in [1.807, 2.05) is 18.2 Å². The normalized spacial score (nSPS) is 11.3. The number of hydrogen-bond acceptors (Lipinski definition) is 5. The van der Waals surface area contributed by atoms with Crippen molar-refractivity contribution in [3.05, 3.63) is 36.8 Å². The number of fused-ring (bicyclic) bond motifs is 2. The van der Waals surface area contributed by atoms with E-state index in [1.165, 1.54) is 0 Å². The maximum atomic E-state index is 11.7. The van der Waals surface area contributed by atoms with Gasteiger partial charge in [-0.1, -0.05) is 0 Å². The van der Waals surface area contributed by atoms with Crippen LogP contribution in [0.2, 0.25) is 0 Å². The molecule has 0 aliphatic carbocycles. The molecule has 3 N–H and O–H groups in total. The van der Waals surface area contributed by atoms with Crippen molar-refractivity contribution >= 4 is 34.0 Å². The number of pyridine rings is 1. The molecule has 25 heavy (non-hydrogen) atoms. The Hall–Kier alpha value is -3.42. The lowest BCUT2D eigenvalue weighted by molar-refractivity contribution is 0.130. The Morgan fingerprint density at radius 1 is 1.20 bits per heavy atom. The van der Waals surface area contributed by atoms with Gasteiger partial charge in [-0.25, -0.2) is 19.7 Å². The van der Waals surface area contributed by atoms with Crippen molar-refractivity contribution in [2.45, 2.75) is 20.0 Å². The number of nitrogens with zero attached hydrogens (tertiary/aromatic N) is 3. The number of H-pyrrole nitrogens is 2. The Morgan fingerprint density at radius 3 is 2.92 bits per heavy atom. The SMILES string of the molecule is CC(C)OC(=O)Nc1cnc2[nH]c(-c3ccc4[nH]cnc4c3)nc2c1. The fourth-order valence-electron chi connectivity index (χ4n) is 2.54. The van der Waals surface area contributed by atoms with Gasteiger partial charge < -0.3 is 14.7 Å². The number of anilines is 1. The highest BCUT2D eigenvalue weighted by molar-refractivity contribution is 5.88. The molecule has 3 aromatic heterocycles. The number of benzene rings is 1. The number of aromatic nitrogens is 5. The summed E-state index contributed by atoms with van der Waals surface area (Å²) in [5.74, 6) is 0.689. The molecule has 4 rings (SSSR count). The molecule has 0 bridgehead atoms. The van der Waals surface area contributed by atoms with E-state index in [0.29, 0.717) is 22.7 Å². The van der Waals surface area contributed by atoms with Crippen molar-refractivity contribution in [3.8, 4) is 11.4 Å². The van der Waals surface area contributed by atoms with Crippen LogP contribution >= 0.6 is 0 Å². The molecule has 0 atom stereocenters. The smallest absolute Gasteiger partial charge is 0.411 e. The third kappa shape index (κ3) is 3.01. The summed E-state index contributed by atoms with van der Waals surface area (Å²) in [7, 11) is 0. The number of imidazole rings is 2. The van der Waals surface area contributed by atoms with Crippen LogP contribution in [0.3, 0.4) is 0 Å². The van der Waals surface area contributed by atoms with Gasteiger partial charge in [0.15, 0.2) is 5.65 Å². The molecule has 0 fully saturated rings. The number of hydrogen-bond donors (Lipinski definition) is 3. The molecule has 0 aliphatic rings. The highest BCUT2D eigenvalue weighted by Gasteiger charge is 2.11. The average molecular weight is 336 g/mol. The molecule has 1 amide bonds. The minimum atomic E-state index is -0.518. The second kappa shape index (κ2) is 5.90. The largest absolute Gasteiger partial charge is 0.447 e. The molecule has 8 heteroatoms. The van der Waals surface area contributed by atoms with Crippen LogP contribution in [0.5, 0.6) is 0 Å². The Bertz CT molecular complexity index is 1070. The zero-order chi connectivity index (χ0) is 17.4. The van der Waals surface area contributed by atoms with Gasteiger partial charge in [0.1, 0.15) is 11.3 Å². The van der Waals surface area contributed by atoms with Gasteiger partial charge in [0.2, 0.25) is 0 Å². The molecule has 0 spiro atoms. The number of nitrogens with one attached hydrogen (secondary N) is 3. The lowest BCUT2D eigenvalue weighted by atomic mass is 10.2. The number of carbonyl (C=O) groups excluding carboxylic acids is 1. The quantitative estimate of drug-likeness (QED) is 0.531. The van der Waals surface area contributed by atoms with Crippen molar-refractivity contribution in [1.82, 2.24) is 24.9 Å². The molecular formula is C17H16N6O2. The predicted octanol–water partition coefficient (Wildman–Crippen LogP) is 3.46. The van der Waals surface area contributed by atoms with E-state index in [2.05, 4.69) is 30.2 Å². The highest BCUT2D eigenvalue weighted by Crippen LogP contribution is 2.23. The summed E-state index contributed by atoms with van der Waals surface area (Å²) in [5.41, 5.74) is 4.56. The summed E-state index contributed by atoms with van der Waals surface area (Å²) in [6.45, 7) is 3.58. The van der Waals surface area contributed by atoms with Gasteiger partial charge >= 0.3 is 6.09 Å². The van der Waals surface area contributed by atoms with Crippen LogP contribution in [0.4, 0.5) is 10.5 Å². The molecule has 8 nitrogen and oxygen atoms in total. The molecule has 1 aromatic carbocycles. The van der Waals surface area contributed by atoms with Crippen molar-refractivity contribution in [2.24, 2.45) is 0 Å². The number of aromatic amines is 2. The first-order chi connectivity index (χ1) is 12.1. The van der Waals surface area contributed by atoms with E-state index in [1.54, 1.807) is 32.4 Å². The zero-order valence-corrected chi connectivity index (χ0v) is 13.7. The van der Waals surface area contributed by atoms with Gasteiger partial charge in [-0.3, -0.25) is 5.32 Å². The monoisotopic (exact) mass is 336 g/mol. The Labute approximate surface area is 142 Å². The summed E-state index contributed by atoms with van der Waals surface area (Å²) < 4.78 is 5.06. The van der Waals surface area contributed by atoms with Gasteiger partial charge in [-0.2, -0.15) is 0 Å². The molecule has 126 valence electrons. The molecule has 3 heterocycles. The lowest BCUT2D eigenvalue weighted by Gasteiger charge is -2.08. The van der Waals surface area contributed by atoms with Gasteiger partial charge in [-0.15, -0.1) is 0 Å². The molecule has 0 saturated heterocycles. The number of rotatable bonds is 3. The van der Waals surface area contributed by atoms with Crippen LogP contribution in [0, 0.1) is 0 Å². The number of amides is 1. The summed E-state index contributed by atoms with van der Waals surface area (Å²) in [6, 6.07) is 7.60. The molecule has 0 radical (unpaired) electrons. The van der Waals surface area contributed by atoms with Crippen LogP contribution in [-0.4, -0.2) is 37.1 Å². The third-order valence-corrected chi connectivity index (χ3v) is 3.62. The van der Waals surface area contributed by atoms with Gasteiger partial charge in [-0.05, 0) is 38.1 Å². The van der Waals surface area contributed by atoms with Crippen molar-refractivity contribution < 1.29 is 9.53 Å². The van der Waals surface area contributed by atoms with Gasteiger partial charge in [0.25, 0.3) is 0 Å². The van der Waals surface area contributed by atoms with Crippen LogP contribution in [0.15, 0.2) is 36.8 Å². The first-order valence-corrected chi connectivity index (χ1v) is 7.85. The lowest BCUT2D eigenvalue weighted by Crippen LogP contribution is -2.18. The first kappa shape index (κ1) is 15.1. The van der Waals surface area contributed by atoms with Gasteiger partial charge in [0, 0.05) is 5.56 Å². The molecular weight excluding hydrogens is 320 g/mol. The molecule has 0 aliphatic heterocycles. The standard InChI is InChI=1S/C17H16N6O2/c1-9(2)25-17(24)21-11-6-14-16(18-7-11)23-15(22-14)10-3-4-12-13(5-10)20-8-19-12/h3-9H,1-2H3,(H,19,20)(H,21,24)(H,18,22,23). The van der Waals surface area contributed by atoms with Crippen LogP contribution in [0.25, 0.3) is 33.6 Å². The number of carbonyl (C=O) groups is 1. The van der Waals surface area contributed by atoms with E-state index in [4.69, 9.17) is 4.74 Å². The van der Waals surface area contributed by atoms with Crippen molar-refractivity contribution in [1.29, 1.82) is 0 Å². The predicted molar refractivity (Wildman–Crippen MR) is 94.2 cm³/mol. The van der Waals surface area contributed by atoms with Crippen LogP contribution in [-0.2, 0) is 4.74 Å².